The first-order valence-corrected chi connectivity index (χ1v) is 4.91. The van der Waals surface area contributed by atoms with Gasteiger partial charge >= 0.3 is 0 Å². The smallest absolute Gasteiger partial charge is 0.0932 e. The highest BCUT2D eigenvalue weighted by Crippen LogP contribution is 2.27. The van der Waals surface area contributed by atoms with Gasteiger partial charge in [-0.2, -0.15) is 0 Å². The van der Waals surface area contributed by atoms with Gasteiger partial charge in [0.1, 0.15) is 0 Å². The van der Waals surface area contributed by atoms with Crippen LogP contribution in [0.4, 0.5) is 0 Å². The average Bonchev–Trinajstić information content (AvgIpc) is 2.34. The molecule has 0 radical (unpaired) electrons. The molecule has 0 aromatic carbocycles. The zero-order chi connectivity index (χ0) is 9.14. The fourth-order valence-electron chi connectivity index (χ4n) is 0.946. The Balaban J connectivity index is 2.64. The van der Waals surface area contributed by atoms with Crippen LogP contribution in [0.5, 0.6) is 0 Å². The second-order valence-electron chi connectivity index (χ2n) is 2.86. The van der Waals surface area contributed by atoms with E-state index in [9.17, 15) is 5.11 Å². The summed E-state index contributed by atoms with van der Waals surface area (Å²) in [6, 6.07) is 1.79. The SMILES string of the molecule is C=C(C)CC(O)c1csc(Cl)c1. The maximum atomic E-state index is 9.59. The van der Waals surface area contributed by atoms with E-state index in [1.807, 2.05) is 12.3 Å². The van der Waals surface area contributed by atoms with Gasteiger partial charge in [-0.3, -0.25) is 0 Å². The normalized spacial score (nSPS) is 12.9. The predicted molar refractivity (Wildman–Crippen MR) is 53.7 cm³/mol. The minimum Gasteiger partial charge on any atom is -0.388 e. The molecule has 1 atom stereocenters. The van der Waals surface area contributed by atoms with Gasteiger partial charge in [0.15, 0.2) is 0 Å². The molecule has 0 spiro atoms. The monoisotopic (exact) mass is 202 g/mol. The van der Waals surface area contributed by atoms with Crippen molar-refractivity contribution in [3.8, 4) is 0 Å². The van der Waals surface area contributed by atoms with Crippen molar-refractivity contribution < 1.29 is 5.11 Å². The van der Waals surface area contributed by atoms with Crippen molar-refractivity contribution in [3.05, 3.63) is 33.5 Å². The van der Waals surface area contributed by atoms with E-state index in [1.165, 1.54) is 11.3 Å². The molecule has 1 rings (SSSR count). The van der Waals surface area contributed by atoms with Crippen molar-refractivity contribution >= 4 is 22.9 Å². The lowest BCUT2D eigenvalue weighted by Crippen LogP contribution is -1.94. The molecule has 0 bridgehead atoms. The Hall–Kier alpha value is -0.310. The second kappa shape index (κ2) is 4.08. The van der Waals surface area contributed by atoms with Crippen molar-refractivity contribution in [1.29, 1.82) is 0 Å². The van der Waals surface area contributed by atoms with Crippen LogP contribution in [0.15, 0.2) is 23.6 Å². The maximum Gasteiger partial charge on any atom is 0.0932 e. The molecule has 1 unspecified atom stereocenters. The highest BCUT2D eigenvalue weighted by molar-refractivity contribution is 7.14. The third-order valence-electron chi connectivity index (χ3n) is 1.51. The van der Waals surface area contributed by atoms with E-state index >= 15 is 0 Å². The van der Waals surface area contributed by atoms with E-state index in [0.29, 0.717) is 10.8 Å². The molecular formula is C9H11ClOS. The summed E-state index contributed by atoms with van der Waals surface area (Å²) < 4.78 is 0.714. The van der Waals surface area contributed by atoms with Crippen molar-refractivity contribution in [1.82, 2.24) is 0 Å². The molecule has 1 aromatic rings. The third-order valence-corrected chi connectivity index (χ3v) is 2.62. The fourth-order valence-corrected chi connectivity index (χ4v) is 1.88. The summed E-state index contributed by atoms with van der Waals surface area (Å²) in [7, 11) is 0. The van der Waals surface area contributed by atoms with E-state index < -0.39 is 6.10 Å². The van der Waals surface area contributed by atoms with E-state index in [2.05, 4.69) is 6.58 Å². The molecular weight excluding hydrogens is 192 g/mol. The molecule has 1 heterocycles. The number of aliphatic hydroxyl groups excluding tert-OH is 1. The summed E-state index contributed by atoms with van der Waals surface area (Å²) in [5.74, 6) is 0. The van der Waals surface area contributed by atoms with Crippen LogP contribution in [0.1, 0.15) is 25.0 Å². The lowest BCUT2D eigenvalue weighted by Gasteiger charge is -2.07. The zero-order valence-electron chi connectivity index (χ0n) is 6.88. The number of hydrogen-bond donors (Lipinski definition) is 1. The first-order valence-electron chi connectivity index (χ1n) is 3.66. The van der Waals surface area contributed by atoms with Crippen LogP contribution in [0, 0.1) is 0 Å². The van der Waals surface area contributed by atoms with Crippen LogP contribution in [-0.2, 0) is 0 Å². The number of thiophene rings is 1. The Morgan fingerprint density at radius 2 is 2.50 bits per heavy atom. The standard InChI is InChI=1S/C9H11ClOS/c1-6(2)3-8(11)7-4-9(10)12-5-7/h4-5,8,11H,1,3H2,2H3. The van der Waals surface area contributed by atoms with Crippen LogP contribution >= 0.6 is 22.9 Å². The molecule has 3 heteroatoms. The number of hydrogen-bond acceptors (Lipinski definition) is 2. The zero-order valence-corrected chi connectivity index (χ0v) is 8.45. The highest BCUT2D eigenvalue weighted by atomic mass is 35.5. The molecule has 1 nitrogen and oxygen atoms in total. The molecule has 0 saturated heterocycles. The summed E-state index contributed by atoms with van der Waals surface area (Å²) in [6.07, 6.45) is 0.152. The molecule has 1 aromatic heterocycles. The largest absolute Gasteiger partial charge is 0.388 e. The van der Waals surface area contributed by atoms with Gasteiger partial charge < -0.3 is 5.11 Å². The van der Waals surface area contributed by atoms with Crippen LogP contribution < -0.4 is 0 Å². The number of aliphatic hydroxyl groups is 1. The highest BCUT2D eigenvalue weighted by Gasteiger charge is 2.08. The molecule has 0 saturated carbocycles. The molecule has 0 fully saturated rings. The van der Waals surface area contributed by atoms with Gasteiger partial charge in [0.05, 0.1) is 10.4 Å². The van der Waals surface area contributed by atoms with Crippen LogP contribution in [0.3, 0.4) is 0 Å². The van der Waals surface area contributed by atoms with E-state index in [1.54, 1.807) is 6.07 Å². The van der Waals surface area contributed by atoms with Crippen LogP contribution in [0.25, 0.3) is 0 Å². The first-order chi connectivity index (χ1) is 5.59. The van der Waals surface area contributed by atoms with Crippen LogP contribution in [-0.4, -0.2) is 5.11 Å². The van der Waals surface area contributed by atoms with Gasteiger partial charge in [-0.25, -0.2) is 0 Å². The quantitative estimate of drug-likeness (QED) is 0.745. The van der Waals surface area contributed by atoms with Crippen molar-refractivity contribution in [2.45, 2.75) is 19.4 Å². The Morgan fingerprint density at radius 1 is 1.83 bits per heavy atom. The van der Waals surface area contributed by atoms with Gasteiger partial charge in [-0.15, -0.1) is 17.9 Å². The lowest BCUT2D eigenvalue weighted by molar-refractivity contribution is 0.179. The summed E-state index contributed by atoms with van der Waals surface area (Å²) in [5, 5.41) is 11.5. The Kier molecular flexibility index (Phi) is 3.32. The summed E-state index contributed by atoms with van der Waals surface area (Å²) in [6.45, 7) is 5.64. The third kappa shape index (κ3) is 2.63. The minimum absolute atomic E-state index is 0.453. The molecule has 0 amide bonds. The van der Waals surface area contributed by atoms with Gasteiger partial charge in [0.25, 0.3) is 0 Å². The van der Waals surface area contributed by atoms with E-state index in [-0.39, 0.29) is 0 Å². The summed E-state index contributed by atoms with van der Waals surface area (Å²) in [5.41, 5.74) is 1.86. The number of halogens is 1. The molecule has 0 aliphatic rings. The van der Waals surface area contributed by atoms with Gasteiger partial charge in [0.2, 0.25) is 0 Å². The van der Waals surface area contributed by atoms with E-state index in [0.717, 1.165) is 11.1 Å². The molecule has 66 valence electrons. The van der Waals surface area contributed by atoms with Crippen molar-refractivity contribution in [2.75, 3.05) is 0 Å². The topological polar surface area (TPSA) is 20.2 Å². The molecule has 1 N–H and O–H groups in total. The molecule has 0 aliphatic heterocycles. The van der Waals surface area contributed by atoms with Crippen LogP contribution in [0.2, 0.25) is 4.34 Å². The Bertz CT molecular complexity index is 280. The van der Waals surface area contributed by atoms with Crippen molar-refractivity contribution in [2.24, 2.45) is 0 Å². The van der Waals surface area contributed by atoms with Gasteiger partial charge in [-0.05, 0) is 30.4 Å². The maximum absolute atomic E-state index is 9.59. The van der Waals surface area contributed by atoms with Crippen molar-refractivity contribution in [3.63, 3.8) is 0 Å². The minimum atomic E-state index is -0.453. The fraction of sp³-hybridized carbons (Fsp3) is 0.333. The Morgan fingerprint density at radius 3 is 2.92 bits per heavy atom. The Labute approximate surface area is 81.3 Å². The molecule has 12 heavy (non-hydrogen) atoms. The number of rotatable bonds is 3. The van der Waals surface area contributed by atoms with Gasteiger partial charge in [0, 0.05) is 0 Å². The second-order valence-corrected chi connectivity index (χ2v) is 4.40. The summed E-state index contributed by atoms with van der Waals surface area (Å²) >= 11 is 7.16. The lowest BCUT2D eigenvalue weighted by atomic mass is 10.1. The first kappa shape index (κ1) is 9.78. The summed E-state index contributed by atoms with van der Waals surface area (Å²) in [4.78, 5) is 0. The van der Waals surface area contributed by atoms with Gasteiger partial charge in [-0.1, -0.05) is 17.2 Å². The predicted octanol–water partition coefficient (Wildman–Crippen LogP) is 3.40. The average molecular weight is 203 g/mol. The molecule has 0 aliphatic carbocycles. The van der Waals surface area contributed by atoms with E-state index in [4.69, 9.17) is 11.6 Å².